The van der Waals surface area contributed by atoms with E-state index >= 15 is 0 Å². The zero-order chi connectivity index (χ0) is 23.2. The third-order valence-corrected chi connectivity index (χ3v) is 7.87. The Labute approximate surface area is 205 Å². The van der Waals surface area contributed by atoms with Crippen LogP contribution in [0.5, 0.6) is 0 Å². The van der Waals surface area contributed by atoms with Crippen LogP contribution in [0.3, 0.4) is 0 Å². The van der Waals surface area contributed by atoms with Gasteiger partial charge in [-0.05, 0) is 61.0 Å². The Morgan fingerprint density at radius 3 is 2.47 bits per heavy atom. The molecule has 0 unspecified atom stereocenters. The number of rotatable bonds is 7. The largest absolute Gasteiger partial charge is 0.353 e. The molecule has 1 aromatic heterocycles. The second-order valence-corrected chi connectivity index (χ2v) is 10.1. The van der Waals surface area contributed by atoms with Crippen LogP contribution in [-0.2, 0) is 6.54 Å². The molecular weight excluding hydrogens is 444 g/mol. The van der Waals surface area contributed by atoms with Crippen LogP contribution in [0.15, 0.2) is 54.6 Å². The molecule has 2 N–H and O–H groups in total. The normalized spacial score (nSPS) is 18.3. The van der Waals surface area contributed by atoms with Crippen LogP contribution in [0.25, 0.3) is 10.1 Å². The van der Waals surface area contributed by atoms with Gasteiger partial charge in [0.2, 0.25) is 0 Å². The quantitative estimate of drug-likeness (QED) is 0.539. The summed E-state index contributed by atoms with van der Waals surface area (Å²) < 4.78 is 6.00. The Hall–Kier alpha value is -2.68. The van der Waals surface area contributed by atoms with Gasteiger partial charge in [-0.1, -0.05) is 42.5 Å². The summed E-state index contributed by atoms with van der Waals surface area (Å²) in [5.41, 5.74) is 4.12. The summed E-state index contributed by atoms with van der Waals surface area (Å²) in [5.74, 6) is 1.90. The lowest BCUT2D eigenvalue weighted by Gasteiger charge is -2.37. The number of anilines is 1. The van der Waals surface area contributed by atoms with Gasteiger partial charge in [-0.2, -0.15) is 4.37 Å². The van der Waals surface area contributed by atoms with E-state index in [0.29, 0.717) is 6.54 Å². The molecule has 34 heavy (non-hydrogen) atoms. The summed E-state index contributed by atoms with van der Waals surface area (Å²) in [5, 5.41) is 6.29. The van der Waals surface area contributed by atoms with Gasteiger partial charge in [0.25, 0.3) is 0 Å². The molecule has 2 saturated heterocycles. The average molecular weight is 479 g/mol. The Kier molecular flexibility index (Phi) is 7.58. The molecule has 0 atom stereocenters. The molecule has 180 valence electrons. The molecule has 0 spiro atoms. The molecule has 8 heteroatoms. The van der Waals surface area contributed by atoms with Crippen LogP contribution in [0.1, 0.15) is 24.8 Å². The first-order valence-electron chi connectivity index (χ1n) is 12.4. The Balaban J connectivity index is 0.981. The molecule has 3 aromatic rings. The van der Waals surface area contributed by atoms with Crippen molar-refractivity contribution < 1.29 is 4.79 Å². The third-order valence-electron chi connectivity index (χ3n) is 7.05. The average Bonchev–Trinajstić information content (AvgIpc) is 3.32. The number of nitrogens with one attached hydrogen (secondary N) is 2. The number of carbonyl (C=O) groups is 1. The number of piperidine rings is 1. The highest BCUT2D eigenvalue weighted by Crippen LogP contribution is 2.30. The summed E-state index contributed by atoms with van der Waals surface area (Å²) in [6.07, 6.45) is 3.53. The van der Waals surface area contributed by atoms with Crippen LogP contribution in [0.2, 0.25) is 0 Å². The minimum Gasteiger partial charge on any atom is -0.353 e. The molecule has 3 heterocycles. The number of fused-ring (bicyclic) bond motifs is 1. The van der Waals surface area contributed by atoms with Crippen LogP contribution >= 0.6 is 11.5 Å². The molecule has 0 aliphatic carbocycles. The van der Waals surface area contributed by atoms with Gasteiger partial charge in [0.1, 0.15) is 5.82 Å². The van der Waals surface area contributed by atoms with Crippen molar-refractivity contribution in [2.24, 2.45) is 5.92 Å². The number of nitrogens with zero attached hydrogens (tertiary/aromatic N) is 4. The van der Waals surface area contributed by atoms with E-state index in [-0.39, 0.29) is 6.03 Å². The lowest BCUT2D eigenvalue weighted by atomic mass is 9.94. The maximum absolute atomic E-state index is 12.2. The molecule has 0 radical (unpaired) electrons. The zero-order valence-electron chi connectivity index (χ0n) is 19.7. The first-order valence-corrected chi connectivity index (χ1v) is 13.2. The number of hydrazine groups is 1. The van der Waals surface area contributed by atoms with Crippen molar-refractivity contribution in [2.45, 2.75) is 25.8 Å². The zero-order valence-corrected chi connectivity index (χ0v) is 20.5. The third kappa shape index (κ3) is 5.87. The molecular formula is C26H34N6OS. The molecule has 2 amide bonds. The highest BCUT2D eigenvalue weighted by molar-refractivity contribution is 7.13. The van der Waals surface area contributed by atoms with Gasteiger partial charge in [-0.15, -0.1) is 0 Å². The van der Waals surface area contributed by atoms with E-state index in [4.69, 9.17) is 4.37 Å². The maximum atomic E-state index is 12.2. The van der Waals surface area contributed by atoms with Crippen LogP contribution < -0.4 is 15.6 Å². The van der Waals surface area contributed by atoms with Crippen LogP contribution in [-0.4, -0.2) is 66.1 Å². The van der Waals surface area contributed by atoms with E-state index in [0.717, 1.165) is 69.4 Å². The lowest BCUT2D eigenvalue weighted by molar-refractivity contribution is 0.120. The second-order valence-electron chi connectivity index (χ2n) is 9.33. The van der Waals surface area contributed by atoms with Gasteiger partial charge in [0, 0.05) is 51.2 Å². The molecule has 5 rings (SSSR count). The second kappa shape index (κ2) is 11.2. The topological polar surface area (TPSA) is 63.7 Å². The lowest BCUT2D eigenvalue weighted by Crippen LogP contribution is -2.50. The first-order chi connectivity index (χ1) is 16.7. The predicted octanol–water partition coefficient (Wildman–Crippen LogP) is 3.93. The van der Waals surface area contributed by atoms with E-state index in [1.54, 1.807) is 11.5 Å². The van der Waals surface area contributed by atoms with Crippen molar-refractivity contribution >= 4 is 33.5 Å². The van der Waals surface area contributed by atoms with Gasteiger partial charge in [0.15, 0.2) is 0 Å². The first kappa shape index (κ1) is 23.1. The standard InChI is InChI=1S/C26H34N6OS/c33-26(27-20-22-6-2-1-3-7-22)28-32-14-11-21(12-15-32)10-13-30-16-18-31(19-17-30)25-23-8-4-5-9-24(23)34-29-25/h1-9,21H,10-20H2,(H2,27,28,33). The minimum atomic E-state index is -0.118. The van der Waals surface area contributed by atoms with Crippen molar-refractivity contribution in [3.8, 4) is 0 Å². The number of carbonyl (C=O) groups excluding carboxylic acids is 1. The number of hydrogen-bond acceptors (Lipinski definition) is 6. The highest BCUT2D eigenvalue weighted by atomic mass is 32.1. The van der Waals surface area contributed by atoms with Crippen LogP contribution in [0, 0.1) is 5.92 Å². The van der Waals surface area contributed by atoms with E-state index < -0.39 is 0 Å². The fourth-order valence-corrected chi connectivity index (χ4v) is 5.74. The van der Waals surface area contributed by atoms with E-state index in [1.807, 2.05) is 30.3 Å². The van der Waals surface area contributed by atoms with Gasteiger partial charge in [-0.3, -0.25) is 10.3 Å². The maximum Gasteiger partial charge on any atom is 0.329 e. The van der Waals surface area contributed by atoms with Crippen molar-refractivity contribution in [3.63, 3.8) is 0 Å². The molecule has 2 aliphatic heterocycles. The predicted molar refractivity (Wildman–Crippen MR) is 139 cm³/mol. The fourth-order valence-electron chi connectivity index (χ4n) is 4.94. The van der Waals surface area contributed by atoms with Gasteiger partial charge in [0.05, 0.1) is 4.70 Å². The fraction of sp³-hybridized carbons (Fsp3) is 0.462. The Morgan fingerprint density at radius 1 is 0.941 bits per heavy atom. The van der Waals surface area contributed by atoms with Crippen molar-refractivity contribution in [1.82, 2.24) is 25.0 Å². The van der Waals surface area contributed by atoms with Gasteiger partial charge >= 0.3 is 6.03 Å². The molecule has 0 bridgehead atoms. The number of urea groups is 1. The van der Waals surface area contributed by atoms with E-state index in [2.05, 4.69) is 49.8 Å². The number of hydrogen-bond donors (Lipinski definition) is 2. The molecule has 2 aromatic carbocycles. The van der Waals surface area contributed by atoms with Crippen LogP contribution in [0.4, 0.5) is 10.6 Å². The summed E-state index contributed by atoms with van der Waals surface area (Å²) in [6, 6.07) is 18.4. The van der Waals surface area contributed by atoms with Crippen molar-refractivity contribution in [3.05, 3.63) is 60.2 Å². The Bertz CT molecular complexity index is 1060. The molecule has 0 saturated carbocycles. The van der Waals surface area contributed by atoms with Gasteiger partial charge in [-0.25, -0.2) is 9.80 Å². The molecule has 2 aliphatic rings. The summed E-state index contributed by atoms with van der Waals surface area (Å²) in [6.45, 7) is 7.88. The minimum absolute atomic E-state index is 0.118. The monoisotopic (exact) mass is 478 g/mol. The SMILES string of the molecule is O=C(NCc1ccccc1)NN1CCC(CCN2CCN(c3nsc4ccccc34)CC2)CC1. The van der Waals surface area contributed by atoms with E-state index in [1.165, 1.54) is 23.1 Å². The summed E-state index contributed by atoms with van der Waals surface area (Å²) >= 11 is 1.60. The smallest absolute Gasteiger partial charge is 0.329 e. The number of piperazine rings is 1. The molecule has 7 nitrogen and oxygen atoms in total. The number of benzene rings is 2. The highest BCUT2D eigenvalue weighted by Gasteiger charge is 2.24. The summed E-state index contributed by atoms with van der Waals surface area (Å²) in [4.78, 5) is 17.3. The Morgan fingerprint density at radius 2 is 1.68 bits per heavy atom. The van der Waals surface area contributed by atoms with Crippen molar-refractivity contribution in [1.29, 1.82) is 0 Å². The molecule has 2 fully saturated rings. The summed E-state index contributed by atoms with van der Waals surface area (Å²) in [7, 11) is 0. The van der Waals surface area contributed by atoms with Gasteiger partial charge < -0.3 is 10.2 Å². The van der Waals surface area contributed by atoms with Crippen molar-refractivity contribution in [2.75, 3.05) is 50.7 Å². The number of aromatic nitrogens is 1. The number of amides is 2. The van der Waals surface area contributed by atoms with E-state index in [9.17, 15) is 4.79 Å².